The Morgan fingerprint density at radius 3 is 2.57 bits per heavy atom. The number of nitrogens with zero attached hydrogens (tertiary/aromatic N) is 4. The highest BCUT2D eigenvalue weighted by Gasteiger charge is 2.36. The van der Waals surface area contributed by atoms with Crippen molar-refractivity contribution in [3.05, 3.63) is 18.2 Å². The van der Waals surface area contributed by atoms with Crippen molar-refractivity contribution in [1.82, 2.24) is 18.2 Å². The number of carboxylic acids is 1. The molecule has 0 aromatic carbocycles. The summed E-state index contributed by atoms with van der Waals surface area (Å²) < 4.78 is 30.0. The van der Waals surface area contributed by atoms with Crippen LogP contribution in [0.1, 0.15) is 18.7 Å². The Bertz CT molecular complexity index is 633. The fraction of sp³-hybridized carbons (Fsp3) is 0.667. The Hall–Kier alpha value is -1.45. The number of carboxylic acid groups (broad SMARTS) is 1. The van der Waals surface area contributed by atoms with E-state index in [0.717, 1.165) is 5.82 Å². The number of aromatic nitrogens is 2. The molecule has 0 aliphatic carbocycles. The van der Waals surface area contributed by atoms with E-state index in [1.54, 1.807) is 6.20 Å². The van der Waals surface area contributed by atoms with Gasteiger partial charge in [0.25, 0.3) is 10.2 Å². The number of fused-ring (bicyclic) bond motifs is 1. The van der Waals surface area contributed by atoms with Crippen LogP contribution in [0.5, 0.6) is 0 Å². The predicted molar refractivity (Wildman–Crippen MR) is 73.5 cm³/mol. The third kappa shape index (κ3) is 2.68. The summed E-state index contributed by atoms with van der Waals surface area (Å²) in [5.41, 5.74) is 0. The summed E-state index contributed by atoms with van der Waals surface area (Å²) in [5, 5.41) is 8.97. The van der Waals surface area contributed by atoms with Crippen LogP contribution in [0.2, 0.25) is 0 Å². The molecule has 2 aliphatic rings. The van der Waals surface area contributed by atoms with Crippen molar-refractivity contribution in [2.24, 2.45) is 5.92 Å². The molecule has 1 N–H and O–H groups in total. The molecule has 1 aromatic rings. The van der Waals surface area contributed by atoms with Crippen LogP contribution < -0.4 is 0 Å². The fourth-order valence-electron chi connectivity index (χ4n) is 2.85. The Morgan fingerprint density at radius 1 is 1.19 bits per heavy atom. The number of piperidine rings is 1. The summed E-state index contributed by atoms with van der Waals surface area (Å²) in [7, 11) is -3.53. The largest absolute Gasteiger partial charge is 0.481 e. The van der Waals surface area contributed by atoms with E-state index in [1.807, 2.05) is 10.8 Å². The molecule has 0 unspecified atom stereocenters. The van der Waals surface area contributed by atoms with E-state index in [0.29, 0.717) is 25.9 Å². The van der Waals surface area contributed by atoms with Gasteiger partial charge in [-0.25, -0.2) is 4.98 Å². The molecule has 9 heteroatoms. The van der Waals surface area contributed by atoms with E-state index in [4.69, 9.17) is 5.11 Å². The van der Waals surface area contributed by atoms with Crippen LogP contribution in [-0.4, -0.2) is 57.3 Å². The van der Waals surface area contributed by atoms with E-state index < -0.39 is 22.1 Å². The zero-order chi connectivity index (χ0) is 15.0. The van der Waals surface area contributed by atoms with Gasteiger partial charge < -0.3 is 9.67 Å². The molecule has 3 rings (SSSR count). The SMILES string of the molecule is O=C(O)C1CCN(S(=O)(=O)N2CCn3ccnc3C2)CC1. The van der Waals surface area contributed by atoms with Gasteiger partial charge >= 0.3 is 5.97 Å². The molecule has 0 spiro atoms. The van der Waals surface area contributed by atoms with Crippen LogP contribution in [0.4, 0.5) is 0 Å². The third-order valence-electron chi connectivity index (χ3n) is 4.17. The second-order valence-electron chi connectivity index (χ2n) is 5.39. The molecule has 2 aliphatic heterocycles. The number of hydrogen-bond donors (Lipinski definition) is 1. The highest BCUT2D eigenvalue weighted by Crippen LogP contribution is 2.23. The third-order valence-corrected chi connectivity index (χ3v) is 6.15. The Kier molecular flexibility index (Phi) is 3.72. The molecule has 1 saturated heterocycles. The van der Waals surface area contributed by atoms with Gasteiger partial charge in [0.05, 0.1) is 12.5 Å². The van der Waals surface area contributed by atoms with Crippen molar-refractivity contribution < 1.29 is 18.3 Å². The summed E-state index contributed by atoms with van der Waals surface area (Å²) in [5.74, 6) is -0.533. The first-order valence-corrected chi connectivity index (χ1v) is 8.36. The topological polar surface area (TPSA) is 95.7 Å². The molecule has 21 heavy (non-hydrogen) atoms. The molecule has 3 heterocycles. The molecule has 0 atom stereocenters. The lowest BCUT2D eigenvalue weighted by Crippen LogP contribution is -2.49. The van der Waals surface area contributed by atoms with Gasteiger partial charge in [-0.1, -0.05) is 0 Å². The molecule has 0 saturated carbocycles. The molecular weight excluding hydrogens is 296 g/mol. The number of imidazole rings is 1. The minimum Gasteiger partial charge on any atom is -0.481 e. The molecule has 0 bridgehead atoms. The lowest BCUT2D eigenvalue weighted by atomic mass is 9.99. The van der Waals surface area contributed by atoms with Crippen molar-refractivity contribution in [3.63, 3.8) is 0 Å². The van der Waals surface area contributed by atoms with Crippen molar-refractivity contribution >= 4 is 16.2 Å². The summed E-state index contributed by atoms with van der Waals surface area (Å²) in [6.45, 7) is 1.83. The van der Waals surface area contributed by atoms with Gasteiger partial charge in [-0.2, -0.15) is 17.0 Å². The van der Waals surface area contributed by atoms with Crippen LogP contribution in [0.15, 0.2) is 12.4 Å². The maximum atomic E-state index is 12.6. The van der Waals surface area contributed by atoms with Crippen LogP contribution in [0.3, 0.4) is 0 Å². The van der Waals surface area contributed by atoms with E-state index in [1.165, 1.54) is 8.61 Å². The smallest absolute Gasteiger partial charge is 0.306 e. The molecular formula is C12H18N4O4S. The standard InChI is InChI=1S/C12H18N4O4S/c17-12(18)10-1-4-15(5-2-10)21(19,20)16-8-7-14-6-3-13-11(14)9-16/h3,6,10H,1-2,4-5,7-9H2,(H,17,18). The fourth-order valence-corrected chi connectivity index (χ4v) is 4.43. The monoisotopic (exact) mass is 314 g/mol. The molecule has 0 amide bonds. The minimum atomic E-state index is -3.53. The lowest BCUT2D eigenvalue weighted by molar-refractivity contribution is -0.142. The van der Waals surface area contributed by atoms with Gasteiger partial charge in [0.2, 0.25) is 0 Å². The van der Waals surface area contributed by atoms with E-state index in [2.05, 4.69) is 4.98 Å². The van der Waals surface area contributed by atoms with E-state index in [-0.39, 0.29) is 19.6 Å². The van der Waals surface area contributed by atoms with Crippen LogP contribution >= 0.6 is 0 Å². The zero-order valence-electron chi connectivity index (χ0n) is 11.6. The van der Waals surface area contributed by atoms with Gasteiger partial charge in [-0.05, 0) is 12.8 Å². The van der Waals surface area contributed by atoms with Crippen molar-refractivity contribution in [2.75, 3.05) is 19.6 Å². The van der Waals surface area contributed by atoms with Gasteiger partial charge in [-0.15, -0.1) is 0 Å². The summed E-state index contributed by atoms with van der Waals surface area (Å²) in [6.07, 6.45) is 4.26. The van der Waals surface area contributed by atoms with Crippen molar-refractivity contribution in [2.45, 2.75) is 25.9 Å². The average Bonchev–Trinajstić information content (AvgIpc) is 2.94. The Labute approximate surface area is 123 Å². The first kappa shape index (κ1) is 14.5. The van der Waals surface area contributed by atoms with Crippen LogP contribution in [-0.2, 0) is 28.1 Å². The number of rotatable bonds is 3. The first-order valence-electron chi connectivity index (χ1n) is 6.96. The predicted octanol–water partition coefficient (Wildman–Crippen LogP) is -0.260. The summed E-state index contributed by atoms with van der Waals surface area (Å²) >= 11 is 0. The number of hydrogen-bond acceptors (Lipinski definition) is 4. The molecule has 8 nitrogen and oxygen atoms in total. The Balaban J connectivity index is 1.69. The molecule has 1 aromatic heterocycles. The zero-order valence-corrected chi connectivity index (χ0v) is 12.4. The first-order chi connectivity index (χ1) is 9.98. The molecule has 1 fully saturated rings. The molecule has 0 radical (unpaired) electrons. The van der Waals surface area contributed by atoms with Gasteiger partial charge in [0.15, 0.2) is 0 Å². The normalized spacial score (nSPS) is 22.1. The highest BCUT2D eigenvalue weighted by molar-refractivity contribution is 7.86. The maximum absolute atomic E-state index is 12.6. The van der Waals surface area contributed by atoms with Gasteiger partial charge in [-0.3, -0.25) is 4.79 Å². The summed E-state index contributed by atoms with van der Waals surface area (Å²) in [6, 6.07) is 0. The maximum Gasteiger partial charge on any atom is 0.306 e. The Morgan fingerprint density at radius 2 is 1.90 bits per heavy atom. The number of aliphatic carboxylic acids is 1. The van der Waals surface area contributed by atoms with Gasteiger partial charge in [0, 0.05) is 38.6 Å². The highest BCUT2D eigenvalue weighted by atomic mass is 32.2. The lowest BCUT2D eigenvalue weighted by Gasteiger charge is -2.35. The minimum absolute atomic E-state index is 0.268. The second kappa shape index (κ2) is 5.39. The van der Waals surface area contributed by atoms with Crippen molar-refractivity contribution in [3.8, 4) is 0 Å². The summed E-state index contributed by atoms with van der Waals surface area (Å²) in [4.78, 5) is 15.1. The van der Waals surface area contributed by atoms with E-state index in [9.17, 15) is 13.2 Å². The number of carbonyl (C=O) groups is 1. The molecule has 116 valence electrons. The second-order valence-corrected chi connectivity index (χ2v) is 7.32. The average molecular weight is 314 g/mol. The van der Waals surface area contributed by atoms with Gasteiger partial charge in [0.1, 0.15) is 5.82 Å². The van der Waals surface area contributed by atoms with Crippen molar-refractivity contribution in [1.29, 1.82) is 0 Å². The quantitative estimate of drug-likeness (QED) is 0.829. The van der Waals surface area contributed by atoms with E-state index >= 15 is 0 Å². The van der Waals surface area contributed by atoms with Crippen LogP contribution in [0.25, 0.3) is 0 Å². The van der Waals surface area contributed by atoms with Crippen LogP contribution in [0, 0.1) is 5.92 Å².